The van der Waals surface area contributed by atoms with Crippen molar-refractivity contribution < 1.29 is 23.7 Å². The van der Waals surface area contributed by atoms with Crippen LogP contribution in [0, 0.1) is 0 Å². The topological polar surface area (TPSA) is 119 Å². The van der Waals surface area contributed by atoms with E-state index in [2.05, 4.69) is 4.72 Å². The number of aliphatic hydroxyl groups is 3. The first-order valence-electron chi connectivity index (χ1n) is 4.75. The molecule has 0 aliphatic carbocycles. The van der Waals surface area contributed by atoms with Crippen molar-refractivity contribution in [2.45, 2.75) is 31.8 Å². The Kier molecular flexibility index (Phi) is 5.30. The molecular weight excluding hydrogens is 236 g/mol. The molecule has 0 amide bonds. The van der Waals surface area contributed by atoms with E-state index in [-0.39, 0.29) is 0 Å². The van der Waals surface area contributed by atoms with Gasteiger partial charge in [0.1, 0.15) is 5.54 Å². The Morgan fingerprint density at radius 1 is 0.938 bits per heavy atom. The Morgan fingerprint density at radius 2 is 1.31 bits per heavy atom. The molecule has 98 valence electrons. The monoisotopic (exact) mass is 256 g/mol. The SMILES string of the molecule is CC(C)(C)NS(=O)(=O)NC(CO)(CO)CO. The summed E-state index contributed by atoms with van der Waals surface area (Å²) >= 11 is 0. The fourth-order valence-electron chi connectivity index (χ4n) is 0.960. The predicted octanol–water partition coefficient (Wildman–Crippen LogP) is -2.08. The fraction of sp³-hybridized carbons (Fsp3) is 1.00. The van der Waals surface area contributed by atoms with Gasteiger partial charge in [0.05, 0.1) is 19.8 Å². The lowest BCUT2D eigenvalue weighted by Gasteiger charge is -2.30. The van der Waals surface area contributed by atoms with Gasteiger partial charge in [-0.1, -0.05) is 0 Å². The van der Waals surface area contributed by atoms with E-state index >= 15 is 0 Å². The van der Waals surface area contributed by atoms with Crippen molar-refractivity contribution in [1.29, 1.82) is 0 Å². The van der Waals surface area contributed by atoms with Crippen LogP contribution in [0.1, 0.15) is 20.8 Å². The molecule has 0 saturated carbocycles. The molecule has 0 aliphatic heterocycles. The van der Waals surface area contributed by atoms with Crippen LogP contribution < -0.4 is 9.44 Å². The quantitative estimate of drug-likeness (QED) is 0.374. The summed E-state index contributed by atoms with van der Waals surface area (Å²) in [5.74, 6) is 0. The first kappa shape index (κ1) is 15.8. The van der Waals surface area contributed by atoms with Crippen molar-refractivity contribution in [1.82, 2.24) is 9.44 Å². The molecule has 0 rings (SSSR count). The number of hydrogen-bond donors (Lipinski definition) is 5. The van der Waals surface area contributed by atoms with Crippen LogP contribution >= 0.6 is 0 Å². The molecule has 0 fully saturated rings. The maximum atomic E-state index is 11.6. The molecule has 0 saturated heterocycles. The van der Waals surface area contributed by atoms with Crippen LogP contribution in [-0.4, -0.2) is 54.6 Å². The van der Waals surface area contributed by atoms with Crippen LogP contribution in [0.4, 0.5) is 0 Å². The van der Waals surface area contributed by atoms with Gasteiger partial charge in [0.15, 0.2) is 0 Å². The van der Waals surface area contributed by atoms with Crippen molar-refractivity contribution in [3.63, 3.8) is 0 Å². The highest BCUT2D eigenvalue weighted by Crippen LogP contribution is 2.06. The first-order valence-corrected chi connectivity index (χ1v) is 6.23. The lowest BCUT2D eigenvalue weighted by Crippen LogP contribution is -2.61. The second-order valence-corrected chi connectivity index (χ2v) is 6.13. The van der Waals surface area contributed by atoms with E-state index in [4.69, 9.17) is 15.3 Å². The molecule has 0 aromatic rings. The summed E-state index contributed by atoms with van der Waals surface area (Å²) in [6.07, 6.45) is 0. The van der Waals surface area contributed by atoms with Crippen LogP contribution in [0.15, 0.2) is 0 Å². The lowest BCUT2D eigenvalue weighted by atomic mass is 10.1. The van der Waals surface area contributed by atoms with Crippen LogP contribution in [0.2, 0.25) is 0 Å². The molecule has 0 atom stereocenters. The molecule has 0 aliphatic rings. The second-order valence-electron chi connectivity index (χ2n) is 4.71. The largest absolute Gasteiger partial charge is 0.394 e. The van der Waals surface area contributed by atoms with Crippen molar-refractivity contribution in [3.8, 4) is 0 Å². The zero-order valence-corrected chi connectivity index (χ0v) is 10.5. The van der Waals surface area contributed by atoms with E-state index in [0.29, 0.717) is 0 Å². The van der Waals surface area contributed by atoms with Crippen LogP contribution in [0.5, 0.6) is 0 Å². The summed E-state index contributed by atoms with van der Waals surface area (Å²) in [5, 5.41) is 26.9. The summed E-state index contributed by atoms with van der Waals surface area (Å²) in [6, 6.07) is 0. The summed E-state index contributed by atoms with van der Waals surface area (Å²) in [6.45, 7) is 2.82. The van der Waals surface area contributed by atoms with E-state index < -0.39 is 41.1 Å². The molecule has 0 radical (unpaired) electrons. The van der Waals surface area contributed by atoms with Gasteiger partial charge < -0.3 is 15.3 Å². The van der Waals surface area contributed by atoms with Crippen LogP contribution in [0.25, 0.3) is 0 Å². The Balaban J connectivity index is 4.81. The van der Waals surface area contributed by atoms with E-state index in [1.807, 2.05) is 4.72 Å². The molecular formula is C8H20N2O5S. The van der Waals surface area contributed by atoms with Crippen molar-refractivity contribution in [2.24, 2.45) is 0 Å². The molecule has 0 bridgehead atoms. The molecule has 0 unspecified atom stereocenters. The zero-order valence-electron chi connectivity index (χ0n) is 9.69. The normalized spacial score (nSPS) is 14.1. The molecule has 7 nitrogen and oxygen atoms in total. The van der Waals surface area contributed by atoms with E-state index in [1.165, 1.54) is 0 Å². The number of rotatable bonds is 6. The van der Waals surface area contributed by atoms with E-state index in [0.717, 1.165) is 0 Å². The lowest BCUT2D eigenvalue weighted by molar-refractivity contribution is 0.0577. The third-order valence-electron chi connectivity index (χ3n) is 1.70. The van der Waals surface area contributed by atoms with Gasteiger partial charge in [-0.05, 0) is 20.8 Å². The van der Waals surface area contributed by atoms with Crippen molar-refractivity contribution in [2.75, 3.05) is 19.8 Å². The Morgan fingerprint density at radius 3 is 1.56 bits per heavy atom. The van der Waals surface area contributed by atoms with E-state index in [1.54, 1.807) is 20.8 Å². The summed E-state index contributed by atoms with van der Waals surface area (Å²) < 4.78 is 27.5. The standard InChI is InChI=1S/C8H20N2O5S/c1-7(2,3)9-16(14,15)10-8(4-11,5-12)6-13/h9-13H,4-6H2,1-3H3. The predicted molar refractivity (Wildman–Crippen MR) is 58.9 cm³/mol. The van der Waals surface area contributed by atoms with Gasteiger partial charge in [0.2, 0.25) is 0 Å². The smallest absolute Gasteiger partial charge is 0.278 e. The van der Waals surface area contributed by atoms with Crippen molar-refractivity contribution >= 4 is 10.2 Å². The van der Waals surface area contributed by atoms with Gasteiger partial charge in [-0.25, -0.2) is 0 Å². The molecule has 0 spiro atoms. The number of aliphatic hydroxyl groups excluding tert-OH is 3. The minimum absolute atomic E-state index is 0.696. The molecule has 0 heterocycles. The third kappa shape index (κ3) is 5.19. The van der Waals surface area contributed by atoms with Gasteiger partial charge in [-0.15, -0.1) is 0 Å². The van der Waals surface area contributed by atoms with Crippen LogP contribution in [0.3, 0.4) is 0 Å². The van der Waals surface area contributed by atoms with Crippen LogP contribution in [-0.2, 0) is 10.2 Å². The minimum Gasteiger partial charge on any atom is -0.394 e. The Labute approximate surface area is 95.7 Å². The minimum atomic E-state index is -3.91. The third-order valence-corrected chi connectivity index (χ3v) is 3.28. The van der Waals surface area contributed by atoms with Gasteiger partial charge in [-0.3, -0.25) is 0 Å². The highest BCUT2D eigenvalue weighted by atomic mass is 32.2. The summed E-state index contributed by atoms with van der Waals surface area (Å²) in [7, 11) is -3.91. The maximum Gasteiger partial charge on any atom is 0.278 e. The summed E-state index contributed by atoms with van der Waals surface area (Å²) in [4.78, 5) is 0. The maximum absolute atomic E-state index is 11.6. The number of nitrogens with one attached hydrogen (secondary N) is 2. The molecule has 0 aromatic carbocycles. The molecule has 5 N–H and O–H groups in total. The molecule has 8 heteroatoms. The second kappa shape index (κ2) is 5.39. The number of hydrogen-bond acceptors (Lipinski definition) is 5. The Hall–Kier alpha value is -0.250. The first-order chi connectivity index (χ1) is 7.10. The average Bonchev–Trinajstić information content (AvgIpc) is 2.10. The summed E-state index contributed by atoms with van der Waals surface area (Å²) in [5.41, 5.74) is -2.35. The molecule has 16 heavy (non-hydrogen) atoms. The van der Waals surface area contributed by atoms with Gasteiger partial charge in [-0.2, -0.15) is 17.9 Å². The average molecular weight is 256 g/mol. The highest BCUT2D eigenvalue weighted by Gasteiger charge is 2.34. The van der Waals surface area contributed by atoms with Gasteiger partial charge >= 0.3 is 0 Å². The zero-order chi connectivity index (χ0) is 13.0. The van der Waals surface area contributed by atoms with Gasteiger partial charge in [0.25, 0.3) is 10.2 Å². The van der Waals surface area contributed by atoms with E-state index in [9.17, 15) is 8.42 Å². The Bertz CT molecular complexity index is 297. The fourth-order valence-corrected chi connectivity index (χ4v) is 2.58. The van der Waals surface area contributed by atoms with Crippen molar-refractivity contribution in [3.05, 3.63) is 0 Å². The van der Waals surface area contributed by atoms with Gasteiger partial charge in [0, 0.05) is 5.54 Å². The highest BCUT2D eigenvalue weighted by molar-refractivity contribution is 7.87. The molecule has 0 aromatic heterocycles.